The molecule has 1 fully saturated rings. The van der Waals surface area contributed by atoms with Crippen molar-refractivity contribution in [3.8, 4) is 0 Å². The molecule has 0 aliphatic heterocycles. The topological polar surface area (TPSA) is 49.3 Å². The number of thioether (sulfide) groups is 1. The first-order valence-electron chi connectivity index (χ1n) is 4.82. The molecule has 2 N–H and O–H groups in total. The third-order valence-corrected chi connectivity index (χ3v) is 3.56. The summed E-state index contributed by atoms with van der Waals surface area (Å²) in [7, 11) is 0. The average Bonchev–Trinajstić information content (AvgIpc) is 2.64. The second-order valence-corrected chi connectivity index (χ2v) is 4.58. The molecule has 0 aromatic carbocycles. The molecule has 0 unspecified atom stereocenters. The lowest BCUT2D eigenvalue weighted by molar-refractivity contribution is -0.118. The van der Waals surface area contributed by atoms with E-state index in [-0.39, 0.29) is 12.5 Å². The zero-order valence-electron chi connectivity index (χ0n) is 7.79. The number of carbonyl (C=O) groups is 1. The van der Waals surface area contributed by atoms with Crippen molar-refractivity contribution in [2.45, 2.75) is 30.9 Å². The van der Waals surface area contributed by atoms with E-state index >= 15 is 0 Å². The van der Waals surface area contributed by atoms with E-state index in [0.29, 0.717) is 17.5 Å². The molecule has 0 aromatic heterocycles. The maximum absolute atomic E-state index is 11.1. The highest BCUT2D eigenvalue weighted by atomic mass is 32.2. The van der Waals surface area contributed by atoms with Gasteiger partial charge in [0.1, 0.15) is 0 Å². The van der Waals surface area contributed by atoms with E-state index in [1.807, 2.05) is 0 Å². The molecule has 1 rings (SSSR count). The van der Waals surface area contributed by atoms with E-state index in [0.717, 1.165) is 0 Å². The van der Waals surface area contributed by atoms with Gasteiger partial charge in [0, 0.05) is 11.8 Å². The Kier molecular flexibility index (Phi) is 5.23. The molecule has 0 atom stereocenters. The quantitative estimate of drug-likeness (QED) is 0.694. The largest absolute Gasteiger partial charge is 0.395 e. The molecule has 0 saturated heterocycles. The Morgan fingerprint density at radius 3 is 2.77 bits per heavy atom. The van der Waals surface area contributed by atoms with Crippen molar-refractivity contribution in [2.24, 2.45) is 0 Å². The highest BCUT2D eigenvalue weighted by Crippen LogP contribution is 2.28. The molecule has 1 amide bonds. The standard InChI is InChI=1S/C9H17NO2S/c11-6-5-10-9(12)7-13-8-3-1-2-4-8/h8,11H,1-7H2,(H,10,12). The molecular formula is C9H17NO2S. The number of carbonyl (C=O) groups excluding carboxylic acids is 1. The first-order valence-corrected chi connectivity index (χ1v) is 5.87. The molecule has 1 saturated carbocycles. The van der Waals surface area contributed by atoms with Crippen molar-refractivity contribution >= 4 is 17.7 Å². The van der Waals surface area contributed by atoms with Gasteiger partial charge in [-0.3, -0.25) is 4.79 Å². The number of aliphatic hydroxyl groups excluding tert-OH is 1. The fourth-order valence-electron chi connectivity index (χ4n) is 1.49. The zero-order chi connectivity index (χ0) is 9.52. The van der Waals surface area contributed by atoms with Crippen LogP contribution in [0.4, 0.5) is 0 Å². The van der Waals surface area contributed by atoms with E-state index < -0.39 is 0 Å². The van der Waals surface area contributed by atoms with Gasteiger partial charge in [0.15, 0.2) is 0 Å². The van der Waals surface area contributed by atoms with Crippen molar-refractivity contribution in [2.75, 3.05) is 18.9 Å². The summed E-state index contributed by atoms with van der Waals surface area (Å²) in [6.07, 6.45) is 5.15. The summed E-state index contributed by atoms with van der Waals surface area (Å²) in [5, 5.41) is 11.8. The molecular weight excluding hydrogens is 186 g/mol. The minimum atomic E-state index is 0.0276. The van der Waals surface area contributed by atoms with E-state index in [9.17, 15) is 4.79 Å². The minimum absolute atomic E-state index is 0.0276. The van der Waals surface area contributed by atoms with Gasteiger partial charge in [-0.05, 0) is 12.8 Å². The number of hydrogen-bond donors (Lipinski definition) is 2. The van der Waals surface area contributed by atoms with Crippen molar-refractivity contribution in [3.05, 3.63) is 0 Å². The molecule has 13 heavy (non-hydrogen) atoms. The van der Waals surface area contributed by atoms with Crippen molar-refractivity contribution in [3.63, 3.8) is 0 Å². The van der Waals surface area contributed by atoms with Gasteiger partial charge in [0.25, 0.3) is 0 Å². The Morgan fingerprint density at radius 2 is 2.15 bits per heavy atom. The van der Waals surface area contributed by atoms with E-state index in [1.165, 1.54) is 25.7 Å². The summed E-state index contributed by atoms with van der Waals surface area (Å²) in [4.78, 5) is 11.1. The maximum Gasteiger partial charge on any atom is 0.230 e. The van der Waals surface area contributed by atoms with Crippen molar-refractivity contribution in [1.29, 1.82) is 0 Å². The summed E-state index contributed by atoms with van der Waals surface area (Å²) in [6.45, 7) is 0.407. The Hall–Kier alpha value is -0.220. The molecule has 3 nitrogen and oxygen atoms in total. The summed E-state index contributed by atoms with van der Waals surface area (Å²) in [5.74, 6) is 0.593. The first-order chi connectivity index (χ1) is 6.33. The molecule has 76 valence electrons. The first kappa shape index (κ1) is 10.9. The lowest BCUT2D eigenvalue weighted by atomic mass is 10.4. The molecule has 1 aliphatic rings. The molecule has 0 spiro atoms. The predicted molar refractivity (Wildman–Crippen MR) is 54.8 cm³/mol. The number of rotatable bonds is 5. The smallest absolute Gasteiger partial charge is 0.230 e. The molecule has 0 aromatic rings. The molecule has 0 bridgehead atoms. The number of nitrogens with one attached hydrogen (secondary N) is 1. The van der Waals surface area contributed by atoms with Crippen LogP contribution in [0.2, 0.25) is 0 Å². The normalized spacial score (nSPS) is 17.6. The third kappa shape index (κ3) is 4.52. The van der Waals surface area contributed by atoms with Gasteiger partial charge < -0.3 is 10.4 Å². The van der Waals surface area contributed by atoms with E-state index in [1.54, 1.807) is 11.8 Å². The van der Waals surface area contributed by atoms with Crippen LogP contribution in [0, 0.1) is 0 Å². The SMILES string of the molecule is O=C(CSC1CCCC1)NCCO. The molecule has 0 radical (unpaired) electrons. The van der Waals surface area contributed by atoms with Gasteiger partial charge in [0.05, 0.1) is 12.4 Å². The Labute approximate surface area is 83.3 Å². The number of hydrogen-bond acceptors (Lipinski definition) is 3. The van der Waals surface area contributed by atoms with Crippen LogP contribution < -0.4 is 5.32 Å². The van der Waals surface area contributed by atoms with Crippen molar-refractivity contribution < 1.29 is 9.90 Å². The Balaban J connectivity index is 2.00. The van der Waals surface area contributed by atoms with Crippen LogP contribution in [-0.2, 0) is 4.79 Å². The van der Waals surface area contributed by atoms with Gasteiger partial charge in [0.2, 0.25) is 5.91 Å². The predicted octanol–water partition coefficient (Wildman–Crippen LogP) is 0.771. The van der Waals surface area contributed by atoms with Crippen LogP contribution in [0.1, 0.15) is 25.7 Å². The van der Waals surface area contributed by atoms with E-state index in [2.05, 4.69) is 5.32 Å². The van der Waals surface area contributed by atoms with Gasteiger partial charge in [-0.15, -0.1) is 11.8 Å². The zero-order valence-corrected chi connectivity index (χ0v) is 8.61. The highest BCUT2D eigenvalue weighted by Gasteiger charge is 2.16. The number of aliphatic hydroxyl groups is 1. The van der Waals surface area contributed by atoms with Crippen LogP contribution in [0.5, 0.6) is 0 Å². The summed E-state index contributed by atoms with van der Waals surface area (Å²) in [6, 6.07) is 0. The van der Waals surface area contributed by atoms with Crippen molar-refractivity contribution in [1.82, 2.24) is 5.32 Å². The highest BCUT2D eigenvalue weighted by molar-refractivity contribution is 8.00. The Morgan fingerprint density at radius 1 is 1.46 bits per heavy atom. The Bertz CT molecular complexity index is 158. The second-order valence-electron chi connectivity index (χ2n) is 3.29. The van der Waals surface area contributed by atoms with Crippen LogP contribution >= 0.6 is 11.8 Å². The van der Waals surface area contributed by atoms with Crippen LogP contribution in [0.3, 0.4) is 0 Å². The van der Waals surface area contributed by atoms with Gasteiger partial charge in [-0.2, -0.15) is 0 Å². The molecule has 1 aliphatic carbocycles. The fraction of sp³-hybridized carbons (Fsp3) is 0.889. The van der Waals surface area contributed by atoms with Gasteiger partial charge in [-0.1, -0.05) is 12.8 Å². The maximum atomic E-state index is 11.1. The monoisotopic (exact) mass is 203 g/mol. The lowest BCUT2D eigenvalue weighted by Gasteiger charge is -2.07. The summed E-state index contributed by atoms with van der Waals surface area (Å²) >= 11 is 1.75. The second kappa shape index (κ2) is 6.27. The lowest BCUT2D eigenvalue weighted by Crippen LogP contribution is -2.28. The van der Waals surface area contributed by atoms with Crippen LogP contribution in [0.25, 0.3) is 0 Å². The third-order valence-electron chi connectivity index (χ3n) is 2.19. The van der Waals surface area contributed by atoms with E-state index in [4.69, 9.17) is 5.11 Å². The molecule has 4 heteroatoms. The molecule has 0 heterocycles. The average molecular weight is 203 g/mol. The summed E-state index contributed by atoms with van der Waals surface area (Å²) < 4.78 is 0. The fourth-order valence-corrected chi connectivity index (χ4v) is 2.65. The minimum Gasteiger partial charge on any atom is -0.395 e. The van der Waals surface area contributed by atoms with Gasteiger partial charge in [-0.25, -0.2) is 0 Å². The summed E-state index contributed by atoms with van der Waals surface area (Å²) in [5.41, 5.74) is 0. The van der Waals surface area contributed by atoms with Crippen LogP contribution in [-0.4, -0.2) is 35.2 Å². The number of amides is 1. The van der Waals surface area contributed by atoms with Crippen LogP contribution in [0.15, 0.2) is 0 Å². The van der Waals surface area contributed by atoms with Gasteiger partial charge >= 0.3 is 0 Å².